The van der Waals surface area contributed by atoms with Crippen LogP contribution in [0.3, 0.4) is 0 Å². The van der Waals surface area contributed by atoms with Gasteiger partial charge in [0.15, 0.2) is 0 Å². The van der Waals surface area contributed by atoms with Gasteiger partial charge in [0.05, 0.1) is 6.54 Å². The number of carbonyl (C=O) groups excluding carboxylic acids is 1. The zero-order valence-corrected chi connectivity index (χ0v) is 14.9. The van der Waals surface area contributed by atoms with Crippen molar-refractivity contribution >= 4 is 5.91 Å². The van der Waals surface area contributed by atoms with Crippen LogP contribution in [-0.2, 0) is 4.79 Å². The molecule has 4 heteroatoms. The molecule has 0 N–H and O–H groups in total. The summed E-state index contributed by atoms with van der Waals surface area (Å²) in [6.07, 6.45) is 3.47. The lowest BCUT2D eigenvalue weighted by Crippen LogP contribution is -2.50. The van der Waals surface area contributed by atoms with Crippen molar-refractivity contribution in [2.75, 3.05) is 26.7 Å². The van der Waals surface area contributed by atoms with Gasteiger partial charge in [0.25, 0.3) is 0 Å². The Morgan fingerprint density at radius 2 is 1.91 bits per heavy atom. The summed E-state index contributed by atoms with van der Waals surface area (Å²) in [5.74, 6) is 1.16. The Morgan fingerprint density at radius 1 is 1.26 bits per heavy atom. The number of rotatable bonds is 6. The van der Waals surface area contributed by atoms with Crippen LogP contribution in [0.1, 0.15) is 38.7 Å². The van der Waals surface area contributed by atoms with Crippen molar-refractivity contribution in [3.63, 3.8) is 0 Å². The molecule has 1 aromatic carbocycles. The molecule has 2 atom stereocenters. The van der Waals surface area contributed by atoms with E-state index in [0.717, 1.165) is 30.7 Å². The summed E-state index contributed by atoms with van der Waals surface area (Å²) < 4.78 is 5.81. The normalized spacial score (nSPS) is 21.5. The molecule has 0 radical (unpaired) electrons. The summed E-state index contributed by atoms with van der Waals surface area (Å²) in [5.41, 5.74) is 1.14. The minimum absolute atomic E-state index is 0.239. The van der Waals surface area contributed by atoms with Crippen molar-refractivity contribution in [1.29, 1.82) is 0 Å². The molecule has 1 aliphatic rings. The van der Waals surface area contributed by atoms with Gasteiger partial charge in [-0.05, 0) is 58.7 Å². The number of amides is 1. The minimum Gasteiger partial charge on any atom is -0.492 e. The summed E-state index contributed by atoms with van der Waals surface area (Å²) in [6.45, 7) is 8.17. The topological polar surface area (TPSA) is 32.8 Å². The molecule has 0 aliphatic carbocycles. The van der Waals surface area contributed by atoms with Crippen molar-refractivity contribution in [3.8, 4) is 5.75 Å². The van der Waals surface area contributed by atoms with Gasteiger partial charge in [-0.3, -0.25) is 9.69 Å². The van der Waals surface area contributed by atoms with Gasteiger partial charge in [0.2, 0.25) is 5.91 Å². The van der Waals surface area contributed by atoms with Gasteiger partial charge in [-0.25, -0.2) is 0 Å². The van der Waals surface area contributed by atoms with Crippen LogP contribution in [0.25, 0.3) is 0 Å². The lowest BCUT2D eigenvalue weighted by molar-refractivity contribution is -0.138. The molecule has 23 heavy (non-hydrogen) atoms. The third-order valence-electron chi connectivity index (χ3n) is 4.71. The molecule has 2 rings (SSSR count). The van der Waals surface area contributed by atoms with Gasteiger partial charge in [-0.15, -0.1) is 0 Å². The highest BCUT2D eigenvalue weighted by atomic mass is 16.5. The number of piperidine rings is 1. The average molecular weight is 318 g/mol. The number of hydrogen-bond donors (Lipinski definition) is 0. The molecule has 1 aliphatic heterocycles. The van der Waals surface area contributed by atoms with Gasteiger partial charge in [0.1, 0.15) is 12.4 Å². The SMILES string of the molecule is Cc1ccccc1OCCN(C)CC(=O)N1C(C)CCCC1C. The Morgan fingerprint density at radius 3 is 2.57 bits per heavy atom. The zero-order valence-electron chi connectivity index (χ0n) is 14.9. The molecule has 0 saturated carbocycles. The summed E-state index contributed by atoms with van der Waals surface area (Å²) in [7, 11) is 1.98. The molecule has 2 unspecified atom stereocenters. The lowest BCUT2D eigenvalue weighted by atomic mass is 9.97. The van der Waals surface area contributed by atoms with E-state index in [0.29, 0.717) is 25.2 Å². The van der Waals surface area contributed by atoms with Crippen molar-refractivity contribution < 1.29 is 9.53 Å². The number of aryl methyl sites for hydroxylation is 1. The Balaban J connectivity index is 1.77. The van der Waals surface area contributed by atoms with E-state index in [-0.39, 0.29) is 5.91 Å². The summed E-state index contributed by atoms with van der Waals surface area (Å²) >= 11 is 0. The molecular weight excluding hydrogens is 288 g/mol. The average Bonchev–Trinajstić information content (AvgIpc) is 2.49. The number of nitrogens with zero attached hydrogens (tertiary/aromatic N) is 2. The molecule has 0 aromatic heterocycles. The van der Waals surface area contributed by atoms with Crippen LogP contribution < -0.4 is 4.74 Å². The lowest BCUT2D eigenvalue weighted by Gasteiger charge is -2.39. The van der Waals surface area contributed by atoms with E-state index in [2.05, 4.69) is 23.6 Å². The summed E-state index contributed by atoms with van der Waals surface area (Å²) in [5, 5.41) is 0. The van der Waals surface area contributed by atoms with E-state index in [9.17, 15) is 4.79 Å². The van der Waals surface area contributed by atoms with Crippen molar-refractivity contribution in [1.82, 2.24) is 9.80 Å². The molecule has 1 aromatic rings. The van der Waals surface area contributed by atoms with Crippen molar-refractivity contribution in [2.45, 2.75) is 52.1 Å². The molecular formula is C19H30N2O2. The fraction of sp³-hybridized carbons (Fsp3) is 0.632. The Kier molecular flexibility index (Phi) is 6.46. The second-order valence-corrected chi connectivity index (χ2v) is 6.78. The van der Waals surface area contributed by atoms with Crippen LogP contribution in [0.2, 0.25) is 0 Å². The second kappa shape index (κ2) is 8.34. The first-order valence-corrected chi connectivity index (χ1v) is 8.67. The van der Waals surface area contributed by atoms with Gasteiger partial charge >= 0.3 is 0 Å². The van der Waals surface area contributed by atoms with Gasteiger partial charge < -0.3 is 9.64 Å². The minimum atomic E-state index is 0.239. The first-order valence-electron chi connectivity index (χ1n) is 8.67. The number of benzene rings is 1. The quantitative estimate of drug-likeness (QED) is 0.808. The molecule has 1 fully saturated rings. The molecule has 128 valence electrons. The van der Waals surface area contributed by atoms with E-state index in [4.69, 9.17) is 4.74 Å². The number of likely N-dealkylation sites (tertiary alicyclic amines) is 1. The standard InChI is InChI=1S/C19H30N2O2/c1-15-8-5-6-11-18(15)23-13-12-20(4)14-19(22)21-16(2)9-7-10-17(21)3/h5-6,8,11,16-17H,7,9-10,12-14H2,1-4H3. The van der Waals surface area contributed by atoms with E-state index >= 15 is 0 Å². The van der Waals surface area contributed by atoms with Gasteiger partial charge in [-0.1, -0.05) is 18.2 Å². The van der Waals surface area contributed by atoms with Crippen molar-refractivity contribution in [3.05, 3.63) is 29.8 Å². The Hall–Kier alpha value is -1.55. The van der Waals surface area contributed by atoms with Gasteiger partial charge in [-0.2, -0.15) is 0 Å². The van der Waals surface area contributed by atoms with E-state index in [1.54, 1.807) is 0 Å². The van der Waals surface area contributed by atoms with E-state index < -0.39 is 0 Å². The predicted octanol–water partition coefficient (Wildman–Crippen LogP) is 3.10. The van der Waals surface area contributed by atoms with Crippen LogP contribution in [0.15, 0.2) is 24.3 Å². The third kappa shape index (κ3) is 4.96. The molecule has 0 bridgehead atoms. The first-order chi connectivity index (χ1) is 11.0. The first kappa shape index (κ1) is 17.8. The molecule has 4 nitrogen and oxygen atoms in total. The second-order valence-electron chi connectivity index (χ2n) is 6.78. The van der Waals surface area contributed by atoms with E-state index in [1.807, 2.05) is 38.2 Å². The Labute approximate surface area is 140 Å². The number of ether oxygens (including phenoxy) is 1. The molecule has 1 heterocycles. The van der Waals surface area contributed by atoms with Crippen LogP contribution >= 0.6 is 0 Å². The molecule has 0 spiro atoms. The van der Waals surface area contributed by atoms with Crippen LogP contribution in [-0.4, -0.2) is 54.5 Å². The Bertz CT molecular complexity index is 508. The number of carbonyl (C=O) groups is 1. The summed E-state index contributed by atoms with van der Waals surface area (Å²) in [6, 6.07) is 8.74. The largest absolute Gasteiger partial charge is 0.492 e. The fourth-order valence-electron chi connectivity index (χ4n) is 3.33. The predicted molar refractivity (Wildman–Crippen MR) is 93.8 cm³/mol. The van der Waals surface area contributed by atoms with E-state index in [1.165, 1.54) is 6.42 Å². The van der Waals surface area contributed by atoms with Crippen LogP contribution in [0.4, 0.5) is 0 Å². The third-order valence-corrected chi connectivity index (χ3v) is 4.71. The van der Waals surface area contributed by atoms with Crippen LogP contribution in [0.5, 0.6) is 5.75 Å². The highest BCUT2D eigenvalue weighted by molar-refractivity contribution is 5.79. The monoisotopic (exact) mass is 318 g/mol. The molecule has 1 amide bonds. The summed E-state index contributed by atoms with van der Waals surface area (Å²) in [4.78, 5) is 16.7. The number of likely N-dealkylation sites (N-methyl/N-ethyl adjacent to an activating group) is 1. The smallest absolute Gasteiger partial charge is 0.237 e. The number of para-hydroxylation sites is 1. The highest BCUT2D eigenvalue weighted by Gasteiger charge is 2.29. The maximum atomic E-state index is 12.6. The maximum Gasteiger partial charge on any atom is 0.237 e. The maximum absolute atomic E-state index is 12.6. The van der Waals surface area contributed by atoms with Crippen LogP contribution in [0, 0.1) is 6.92 Å². The van der Waals surface area contributed by atoms with Crippen molar-refractivity contribution in [2.24, 2.45) is 0 Å². The fourth-order valence-corrected chi connectivity index (χ4v) is 3.33. The molecule has 1 saturated heterocycles. The number of hydrogen-bond acceptors (Lipinski definition) is 3. The zero-order chi connectivity index (χ0) is 16.8. The highest BCUT2D eigenvalue weighted by Crippen LogP contribution is 2.22. The van der Waals surface area contributed by atoms with Gasteiger partial charge in [0, 0.05) is 18.6 Å².